The van der Waals surface area contributed by atoms with Gasteiger partial charge in [0, 0.05) is 28.3 Å². The van der Waals surface area contributed by atoms with Crippen molar-refractivity contribution in [3.63, 3.8) is 0 Å². The molecule has 0 aromatic heterocycles. The Hall–Kier alpha value is -2.12. The van der Waals surface area contributed by atoms with Gasteiger partial charge in [-0.25, -0.2) is 0 Å². The zero-order valence-electron chi connectivity index (χ0n) is 11.7. The normalized spacial score (nSPS) is 9.76. The highest BCUT2D eigenvalue weighted by molar-refractivity contribution is 9.10. The molecule has 1 N–H and O–H groups in total. The summed E-state index contributed by atoms with van der Waals surface area (Å²) in [5.41, 5.74) is 2.01. The Bertz CT molecular complexity index is 649. The Kier molecular flexibility index (Phi) is 5.53. The monoisotopic (exact) mass is 345 g/mol. The molecule has 0 fully saturated rings. The van der Waals surface area contributed by atoms with E-state index in [0.717, 1.165) is 27.2 Å². The van der Waals surface area contributed by atoms with Crippen molar-refractivity contribution in [2.75, 3.05) is 19.0 Å². The number of benzene rings is 2. The molecule has 4 heteroatoms. The lowest BCUT2D eigenvalue weighted by Gasteiger charge is -2.12. The zero-order chi connectivity index (χ0) is 15.1. The van der Waals surface area contributed by atoms with E-state index in [9.17, 15) is 0 Å². The molecule has 2 aromatic rings. The van der Waals surface area contributed by atoms with E-state index in [2.05, 4.69) is 27.2 Å². The fourth-order valence-electron chi connectivity index (χ4n) is 1.89. The second-order valence-electron chi connectivity index (χ2n) is 4.33. The Morgan fingerprint density at radius 2 is 2.05 bits per heavy atom. The van der Waals surface area contributed by atoms with Crippen LogP contribution in [0.3, 0.4) is 0 Å². The van der Waals surface area contributed by atoms with Gasteiger partial charge in [0.1, 0.15) is 18.1 Å². The Labute approximate surface area is 133 Å². The summed E-state index contributed by atoms with van der Waals surface area (Å²) in [5, 5.41) is 3.35. The standard InChI is InChI=1S/C17H16BrNO2/c1-3-8-21-17-7-5-4-6-13(17)12-19-15-9-14(18)10-16(11-15)20-2/h1,4-7,9-11,19H,8,12H2,2H3. The topological polar surface area (TPSA) is 30.5 Å². The molecule has 0 aliphatic rings. The van der Waals surface area contributed by atoms with Gasteiger partial charge in [-0.05, 0) is 18.2 Å². The summed E-state index contributed by atoms with van der Waals surface area (Å²) >= 11 is 3.46. The number of hydrogen-bond acceptors (Lipinski definition) is 3. The van der Waals surface area contributed by atoms with Crippen LogP contribution in [0.15, 0.2) is 46.9 Å². The largest absolute Gasteiger partial charge is 0.497 e. The van der Waals surface area contributed by atoms with Gasteiger partial charge >= 0.3 is 0 Å². The third-order valence-corrected chi connectivity index (χ3v) is 3.33. The van der Waals surface area contributed by atoms with Gasteiger partial charge in [0.25, 0.3) is 0 Å². The smallest absolute Gasteiger partial charge is 0.148 e. The van der Waals surface area contributed by atoms with E-state index in [0.29, 0.717) is 6.54 Å². The number of methoxy groups -OCH3 is 1. The van der Waals surface area contributed by atoms with Gasteiger partial charge in [-0.1, -0.05) is 40.0 Å². The third kappa shape index (κ3) is 4.44. The molecular formula is C17H16BrNO2. The van der Waals surface area contributed by atoms with Crippen LogP contribution in [0.25, 0.3) is 0 Å². The van der Waals surface area contributed by atoms with Crippen LogP contribution < -0.4 is 14.8 Å². The number of hydrogen-bond donors (Lipinski definition) is 1. The minimum Gasteiger partial charge on any atom is -0.497 e. The molecule has 21 heavy (non-hydrogen) atoms. The van der Waals surface area contributed by atoms with E-state index in [4.69, 9.17) is 15.9 Å². The first-order valence-electron chi connectivity index (χ1n) is 6.45. The fourth-order valence-corrected chi connectivity index (χ4v) is 2.36. The number of ether oxygens (including phenoxy) is 2. The Morgan fingerprint density at radius 1 is 1.24 bits per heavy atom. The van der Waals surface area contributed by atoms with Gasteiger partial charge in [-0.15, -0.1) is 6.42 Å². The summed E-state index contributed by atoms with van der Waals surface area (Å²) in [6.07, 6.45) is 5.23. The van der Waals surface area contributed by atoms with Crippen LogP contribution in [0.1, 0.15) is 5.56 Å². The van der Waals surface area contributed by atoms with Crippen LogP contribution in [0, 0.1) is 12.3 Å². The lowest BCUT2D eigenvalue weighted by molar-refractivity contribution is 0.366. The minimum atomic E-state index is 0.266. The molecule has 0 aliphatic heterocycles. The predicted molar refractivity (Wildman–Crippen MR) is 88.8 cm³/mol. The number of anilines is 1. The maximum Gasteiger partial charge on any atom is 0.148 e. The Morgan fingerprint density at radius 3 is 2.81 bits per heavy atom. The van der Waals surface area contributed by atoms with Crippen LogP contribution >= 0.6 is 15.9 Å². The highest BCUT2D eigenvalue weighted by atomic mass is 79.9. The second kappa shape index (κ2) is 7.61. The average Bonchev–Trinajstić information content (AvgIpc) is 2.51. The molecule has 0 radical (unpaired) electrons. The summed E-state index contributed by atoms with van der Waals surface area (Å²) in [7, 11) is 1.65. The van der Waals surface area contributed by atoms with Crippen molar-refractivity contribution in [1.29, 1.82) is 0 Å². The highest BCUT2D eigenvalue weighted by Gasteiger charge is 2.04. The quantitative estimate of drug-likeness (QED) is 0.800. The maximum atomic E-state index is 5.53. The molecular weight excluding hydrogens is 330 g/mol. The van der Waals surface area contributed by atoms with Gasteiger partial charge < -0.3 is 14.8 Å². The molecule has 3 nitrogen and oxygen atoms in total. The predicted octanol–water partition coefficient (Wildman–Crippen LogP) is 4.08. The summed E-state index contributed by atoms with van der Waals surface area (Å²) in [6, 6.07) is 13.7. The molecule has 0 saturated heterocycles. The number of nitrogens with one attached hydrogen (secondary N) is 1. The van der Waals surface area contributed by atoms with Crippen LogP contribution in [0.2, 0.25) is 0 Å². The van der Waals surface area contributed by atoms with E-state index >= 15 is 0 Å². The van der Waals surface area contributed by atoms with Crippen LogP contribution in [0.4, 0.5) is 5.69 Å². The van der Waals surface area contributed by atoms with Crippen molar-refractivity contribution >= 4 is 21.6 Å². The van der Waals surface area contributed by atoms with Crippen LogP contribution in [-0.2, 0) is 6.54 Å². The van der Waals surface area contributed by atoms with E-state index < -0.39 is 0 Å². The van der Waals surface area contributed by atoms with E-state index in [1.54, 1.807) is 7.11 Å². The lowest BCUT2D eigenvalue weighted by atomic mass is 10.2. The van der Waals surface area contributed by atoms with Gasteiger partial charge in [-0.2, -0.15) is 0 Å². The number of terminal acetylenes is 1. The van der Waals surface area contributed by atoms with Gasteiger partial charge in [0.2, 0.25) is 0 Å². The van der Waals surface area contributed by atoms with Crippen LogP contribution in [-0.4, -0.2) is 13.7 Å². The molecule has 0 amide bonds. The number of para-hydroxylation sites is 1. The number of halogens is 1. The van der Waals surface area contributed by atoms with Crippen molar-refractivity contribution in [1.82, 2.24) is 0 Å². The van der Waals surface area contributed by atoms with Crippen molar-refractivity contribution in [3.8, 4) is 23.8 Å². The van der Waals surface area contributed by atoms with Gasteiger partial charge in [-0.3, -0.25) is 0 Å². The molecule has 0 spiro atoms. The van der Waals surface area contributed by atoms with Crippen molar-refractivity contribution in [2.24, 2.45) is 0 Å². The first-order valence-corrected chi connectivity index (χ1v) is 7.25. The van der Waals surface area contributed by atoms with Crippen molar-refractivity contribution < 1.29 is 9.47 Å². The molecule has 0 bridgehead atoms. The number of rotatable bonds is 6. The third-order valence-electron chi connectivity index (χ3n) is 2.87. The molecule has 0 unspecified atom stereocenters. The first-order chi connectivity index (χ1) is 10.2. The summed E-state index contributed by atoms with van der Waals surface area (Å²) in [4.78, 5) is 0. The maximum absolute atomic E-state index is 5.53. The van der Waals surface area contributed by atoms with E-state index in [-0.39, 0.29) is 6.61 Å². The second-order valence-corrected chi connectivity index (χ2v) is 5.25. The molecule has 0 aliphatic carbocycles. The van der Waals surface area contributed by atoms with E-state index in [1.807, 2.05) is 42.5 Å². The Balaban J connectivity index is 2.09. The fraction of sp³-hybridized carbons (Fsp3) is 0.176. The van der Waals surface area contributed by atoms with Crippen molar-refractivity contribution in [2.45, 2.75) is 6.54 Å². The average molecular weight is 346 g/mol. The highest BCUT2D eigenvalue weighted by Crippen LogP contribution is 2.26. The SMILES string of the molecule is C#CCOc1ccccc1CNc1cc(Br)cc(OC)c1. The van der Waals surface area contributed by atoms with Gasteiger partial charge in [0.05, 0.1) is 7.11 Å². The molecule has 2 rings (SSSR count). The summed E-state index contributed by atoms with van der Waals surface area (Å²) in [6.45, 7) is 0.905. The molecule has 0 heterocycles. The van der Waals surface area contributed by atoms with Gasteiger partial charge in [0.15, 0.2) is 0 Å². The first kappa shape index (κ1) is 15.3. The molecule has 0 saturated carbocycles. The molecule has 108 valence electrons. The van der Waals surface area contributed by atoms with Crippen LogP contribution in [0.5, 0.6) is 11.5 Å². The van der Waals surface area contributed by atoms with E-state index in [1.165, 1.54) is 0 Å². The summed E-state index contributed by atoms with van der Waals surface area (Å²) in [5.74, 6) is 4.07. The molecule has 2 aromatic carbocycles. The zero-order valence-corrected chi connectivity index (χ0v) is 13.3. The summed E-state index contributed by atoms with van der Waals surface area (Å²) < 4.78 is 11.7. The molecule has 0 atom stereocenters. The lowest BCUT2D eigenvalue weighted by Crippen LogP contribution is -2.03. The van der Waals surface area contributed by atoms with Crippen molar-refractivity contribution in [3.05, 3.63) is 52.5 Å². The minimum absolute atomic E-state index is 0.266.